The van der Waals surface area contributed by atoms with Crippen molar-refractivity contribution in [2.75, 3.05) is 18.8 Å². The summed E-state index contributed by atoms with van der Waals surface area (Å²) in [5.74, 6) is 0.406. The normalized spacial score (nSPS) is 18.1. The largest absolute Gasteiger partial charge is 0.393 e. The molecule has 2 aromatic rings. The van der Waals surface area contributed by atoms with Crippen molar-refractivity contribution in [3.63, 3.8) is 0 Å². The summed E-state index contributed by atoms with van der Waals surface area (Å²) in [5, 5.41) is 10.2. The topological polar surface area (TPSA) is 96.5 Å². The smallest absolute Gasteiger partial charge is 0.243 e. The lowest BCUT2D eigenvalue weighted by Crippen LogP contribution is -2.39. The van der Waals surface area contributed by atoms with Crippen LogP contribution < -0.4 is 5.73 Å². The molecule has 6 nitrogen and oxygen atoms in total. The van der Waals surface area contributed by atoms with Crippen molar-refractivity contribution in [2.24, 2.45) is 0 Å². The number of aliphatic hydroxyl groups excluding tert-OH is 1. The molecule has 0 saturated carbocycles. The summed E-state index contributed by atoms with van der Waals surface area (Å²) in [5.41, 5.74) is 6.29. The number of sulfonamides is 1. The third-order valence-electron chi connectivity index (χ3n) is 3.74. The molecule has 1 fully saturated rings. The number of aromatic nitrogens is 1. The molecule has 1 saturated heterocycles. The standard InChI is InChI=1S/C14H17N3O3S/c15-14-4-1-10-9-12(2-3-13(10)16-14)21(19,20)17-7-5-11(18)6-8-17/h1-4,9,11,18H,5-8H2,(H2,15,16). The van der Waals surface area contributed by atoms with E-state index in [4.69, 9.17) is 5.73 Å². The van der Waals surface area contributed by atoms with Crippen molar-refractivity contribution in [1.29, 1.82) is 0 Å². The maximum atomic E-state index is 12.6. The Bertz CT molecular complexity index is 768. The lowest BCUT2D eigenvalue weighted by Gasteiger charge is -2.28. The Morgan fingerprint density at radius 3 is 2.62 bits per heavy atom. The lowest BCUT2D eigenvalue weighted by molar-refractivity contribution is 0.113. The molecule has 0 bridgehead atoms. The van der Waals surface area contributed by atoms with E-state index in [0.29, 0.717) is 37.3 Å². The summed E-state index contributed by atoms with van der Waals surface area (Å²) >= 11 is 0. The summed E-state index contributed by atoms with van der Waals surface area (Å²) in [6.45, 7) is 0.697. The first-order valence-corrected chi connectivity index (χ1v) is 8.25. The van der Waals surface area contributed by atoms with Crippen LogP contribution in [0.15, 0.2) is 35.2 Å². The molecule has 0 amide bonds. The number of nitrogens with zero attached hydrogens (tertiary/aromatic N) is 2. The van der Waals surface area contributed by atoms with E-state index < -0.39 is 16.1 Å². The highest BCUT2D eigenvalue weighted by atomic mass is 32.2. The number of piperidine rings is 1. The fourth-order valence-electron chi connectivity index (χ4n) is 2.51. The minimum Gasteiger partial charge on any atom is -0.393 e. The monoisotopic (exact) mass is 307 g/mol. The molecule has 0 spiro atoms. The molecule has 0 atom stereocenters. The summed E-state index contributed by atoms with van der Waals surface area (Å²) < 4.78 is 26.6. The van der Waals surface area contributed by atoms with E-state index in [1.54, 1.807) is 30.3 Å². The first-order chi connectivity index (χ1) is 9.96. The Hall–Kier alpha value is -1.70. The van der Waals surface area contributed by atoms with Crippen molar-refractivity contribution in [1.82, 2.24) is 9.29 Å². The van der Waals surface area contributed by atoms with E-state index in [2.05, 4.69) is 4.98 Å². The quantitative estimate of drug-likeness (QED) is 0.861. The van der Waals surface area contributed by atoms with E-state index in [1.165, 1.54) is 4.31 Å². The van der Waals surface area contributed by atoms with Gasteiger partial charge in [-0.25, -0.2) is 13.4 Å². The summed E-state index contributed by atoms with van der Waals surface area (Å²) in [7, 11) is -3.52. The number of hydrogen-bond donors (Lipinski definition) is 2. The van der Waals surface area contributed by atoms with Crippen molar-refractivity contribution in [3.05, 3.63) is 30.3 Å². The predicted octanol–water partition coefficient (Wildman–Crippen LogP) is 0.962. The van der Waals surface area contributed by atoms with Crippen LogP contribution in [0, 0.1) is 0 Å². The van der Waals surface area contributed by atoms with Gasteiger partial charge in [0.2, 0.25) is 10.0 Å². The average Bonchev–Trinajstić information content (AvgIpc) is 2.47. The van der Waals surface area contributed by atoms with Crippen LogP contribution in [0.3, 0.4) is 0 Å². The van der Waals surface area contributed by atoms with Crippen molar-refractivity contribution < 1.29 is 13.5 Å². The third-order valence-corrected chi connectivity index (χ3v) is 5.64. The van der Waals surface area contributed by atoms with Crippen LogP contribution in [0.25, 0.3) is 10.9 Å². The minimum atomic E-state index is -3.52. The van der Waals surface area contributed by atoms with Gasteiger partial charge in [-0.1, -0.05) is 0 Å². The molecular weight excluding hydrogens is 290 g/mol. The SMILES string of the molecule is Nc1ccc2cc(S(=O)(=O)N3CCC(O)CC3)ccc2n1. The Labute approximate surface area is 123 Å². The minimum absolute atomic E-state index is 0.248. The van der Waals surface area contributed by atoms with Crippen LogP contribution in [-0.4, -0.2) is 42.0 Å². The molecule has 1 aliphatic heterocycles. The Balaban J connectivity index is 1.97. The van der Waals surface area contributed by atoms with E-state index >= 15 is 0 Å². The summed E-state index contributed by atoms with van der Waals surface area (Å²) in [6.07, 6.45) is 0.552. The van der Waals surface area contributed by atoms with Crippen molar-refractivity contribution >= 4 is 26.7 Å². The van der Waals surface area contributed by atoms with Gasteiger partial charge >= 0.3 is 0 Å². The second kappa shape index (κ2) is 5.25. The van der Waals surface area contributed by atoms with Gasteiger partial charge in [0.1, 0.15) is 5.82 Å². The van der Waals surface area contributed by atoms with Gasteiger partial charge in [-0.05, 0) is 43.2 Å². The van der Waals surface area contributed by atoms with E-state index in [1.807, 2.05) is 0 Å². The Morgan fingerprint density at radius 2 is 1.90 bits per heavy atom. The number of hydrogen-bond acceptors (Lipinski definition) is 5. The van der Waals surface area contributed by atoms with Gasteiger partial charge in [-0.3, -0.25) is 0 Å². The second-order valence-electron chi connectivity index (χ2n) is 5.23. The van der Waals surface area contributed by atoms with Gasteiger partial charge in [0.15, 0.2) is 0 Å². The van der Waals surface area contributed by atoms with Gasteiger partial charge in [-0.15, -0.1) is 0 Å². The van der Waals surface area contributed by atoms with Crippen LogP contribution in [0.1, 0.15) is 12.8 Å². The van der Waals surface area contributed by atoms with Crippen molar-refractivity contribution in [2.45, 2.75) is 23.8 Å². The fraction of sp³-hybridized carbons (Fsp3) is 0.357. The first kappa shape index (κ1) is 14.2. The molecule has 112 valence electrons. The Kier molecular flexibility index (Phi) is 3.56. The molecule has 3 rings (SSSR count). The molecule has 3 N–H and O–H groups in total. The molecule has 0 unspecified atom stereocenters. The van der Waals surface area contributed by atoms with Gasteiger partial charge in [0.05, 0.1) is 16.5 Å². The maximum absolute atomic E-state index is 12.6. The number of fused-ring (bicyclic) bond motifs is 1. The highest BCUT2D eigenvalue weighted by Gasteiger charge is 2.28. The lowest BCUT2D eigenvalue weighted by atomic mass is 10.1. The average molecular weight is 307 g/mol. The number of benzene rings is 1. The number of nitrogens with two attached hydrogens (primary N) is 1. The van der Waals surface area contributed by atoms with Crippen LogP contribution in [-0.2, 0) is 10.0 Å². The van der Waals surface area contributed by atoms with Gasteiger partial charge in [0, 0.05) is 18.5 Å². The number of aliphatic hydroxyl groups is 1. The summed E-state index contributed by atoms with van der Waals surface area (Å²) in [6, 6.07) is 8.24. The molecule has 2 heterocycles. The predicted molar refractivity (Wildman–Crippen MR) is 80.2 cm³/mol. The van der Waals surface area contributed by atoms with E-state index in [-0.39, 0.29) is 4.90 Å². The maximum Gasteiger partial charge on any atom is 0.243 e. The summed E-state index contributed by atoms with van der Waals surface area (Å²) in [4.78, 5) is 4.41. The number of rotatable bonds is 2. The molecular formula is C14H17N3O3S. The second-order valence-corrected chi connectivity index (χ2v) is 7.16. The number of pyridine rings is 1. The number of anilines is 1. The molecule has 21 heavy (non-hydrogen) atoms. The fourth-order valence-corrected chi connectivity index (χ4v) is 4.02. The zero-order valence-electron chi connectivity index (χ0n) is 11.4. The van der Waals surface area contributed by atoms with E-state index in [0.717, 1.165) is 5.39 Å². The molecule has 1 aromatic heterocycles. The molecule has 7 heteroatoms. The molecule has 0 aliphatic carbocycles. The van der Waals surface area contributed by atoms with Gasteiger partial charge in [-0.2, -0.15) is 4.31 Å². The van der Waals surface area contributed by atoms with E-state index in [9.17, 15) is 13.5 Å². The van der Waals surface area contributed by atoms with Crippen LogP contribution in [0.2, 0.25) is 0 Å². The third kappa shape index (κ3) is 2.72. The highest BCUT2D eigenvalue weighted by Crippen LogP contribution is 2.24. The number of nitrogen functional groups attached to an aromatic ring is 1. The first-order valence-electron chi connectivity index (χ1n) is 6.81. The molecule has 1 aromatic carbocycles. The zero-order chi connectivity index (χ0) is 15.0. The van der Waals surface area contributed by atoms with Gasteiger partial charge < -0.3 is 10.8 Å². The molecule has 0 radical (unpaired) electrons. The Morgan fingerprint density at radius 1 is 1.19 bits per heavy atom. The molecule has 1 aliphatic rings. The van der Waals surface area contributed by atoms with Crippen LogP contribution >= 0.6 is 0 Å². The zero-order valence-corrected chi connectivity index (χ0v) is 12.3. The van der Waals surface area contributed by atoms with Crippen LogP contribution in [0.5, 0.6) is 0 Å². The van der Waals surface area contributed by atoms with Gasteiger partial charge in [0.25, 0.3) is 0 Å². The van der Waals surface area contributed by atoms with Crippen molar-refractivity contribution in [3.8, 4) is 0 Å². The highest BCUT2D eigenvalue weighted by molar-refractivity contribution is 7.89. The van der Waals surface area contributed by atoms with Crippen LogP contribution in [0.4, 0.5) is 5.82 Å².